The van der Waals surface area contributed by atoms with Crippen LogP contribution in [0.15, 0.2) is 11.4 Å². The van der Waals surface area contributed by atoms with Crippen LogP contribution >= 0.6 is 11.6 Å². The molecule has 0 atom stereocenters. The maximum absolute atomic E-state index is 5.51. The average molecular weight is 136 g/mol. The van der Waals surface area contributed by atoms with Gasteiger partial charge in [0.15, 0.2) is 0 Å². The lowest BCUT2D eigenvalue weighted by atomic mass is 10.9. The predicted molar refractivity (Wildman–Crippen MR) is 35.2 cm³/mol. The van der Waals surface area contributed by atoms with Gasteiger partial charge in [-0.2, -0.15) is 0 Å². The Labute approximate surface area is 54.1 Å². The van der Waals surface area contributed by atoms with Crippen LogP contribution in [0.2, 0.25) is 0 Å². The van der Waals surface area contributed by atoms with Gasteiger partial charge in [-0.05, 0) is 0 Å². The molecule has 3 nitrogen and oxygen atoms in total. The van der Waals surface area contributed by atoms with Crippen molar-refractivity contribution >= 4 is 11.6 Å². The van der Waals surface area contributed by atoms with E-state index in [4.69, 9.17) is 11.6 Å². The number of hydrogen-bond donors (Lipinski definition) is 3. The van der Waals surface area contributed by atoms with Gasteiger partial charge in [-0.3, -0.25) is 0 Å². The van der Waals surface area contributed by atoms with Gasteiger partial charge in [0.05, 0.1) is 0 Å². The standard InChI is InChI=1S/C4H10ClN3/c1-6-3-4(5)8-7-2/h3,6-8H,1-2H3/b4-3-. The summed E-state index contributed by atoms with van der Waals surface area (Å²) in [5, 5.41) is 3.29. The van der Waals surface area contributed by atoms with Crippen molar-refractivity contribution in [3.8, 4) is 0 Å². The minimum absolute atomic E-state index is 0.537. The molecule has 0 saturated heterocycles. The Bertz CT molecular complexity index is 81.4. The molecular weight excluding hydrogens is 126 g/mol. The topological polar surface area (TPSA) is 36.1 Å². The molecule has 0 radical (unpaired) electrons. The first kappa shape index (κ1) is 7.59. The second-order valence-corrected chi connectivity index (χ2v) is 1.56. The fourth-order valence-electron chi connectivity index (χ4n) is 0.282. The van der Waals surface area contributed by atoms with Crippen LogP contribution in [0.4, 0.5) is 0 Å². The van der Waals surface area contributed by atoms with Crippen molar-refractivity contribution < 1.29 is 0 Å². The third kappa shape index (κ3) is 3.77. The van der Waals surface area contributed by atoms with Gasteiger partial charge in [-0.1, -0.05) is 11.6 Å². The van der Waals surface area contributed by atoms with Crippen molar-refractivity contribution in [2.24, 2.45) is 0 Å². The zero-order chi connectivity index (χ0) is 6.41. The molecule has 0 aliphatic carbocycles. The third-order valence-electron chi connectivity index (χ3n) is 0.515. The van der Waals surface area contributed by atoms with E-state index in [2.05, 4.69) is 16.2 Å². The van der Waals surface area contributed by atoms with E-state index in [0.717, 1.165) is 0 Å². The van der Waals surface area contributed by atoms with Crippen molar-refractivity contribution in [1.29, 1.82) is 0 Å². The Morgan fingerprint density at radius 1 is 1.50 bits per heavy atom. The van der Waals surface area contributed by atoms with Crippen LogP contribution in [0.3, 0.4) is 0 Å². The summed E-state index contributed by atoms with van der Waals surface area (Å²) in [6.45, 7) is 0. The van der Waals surface area contributed by atoms with Crippen LogP contribution < -0.4 is 16.2 Å². The zero-order valence-electron chi connectivity index (χ0n) is 4.96. The summed E-state index contributed by atoms with van der Waals surface area (Å²) < 4.78 is 0. The normalized spacial score (nSPS) is 11.1. The van der Waals surface area contributed by atoms with E-state index in [1.165, 1.54) is 0 Å². The van der Waals surface area contributed by atoms with Gasteiger partial charge < -0.3 is 10.7 Å². The molecule has 3 N–H and O–H groups in total. The van der Waals surface area contributed by atoms with Crippen LogP contribution in [0, 0.1) is 0 Å². The number of hydrazine groups is 1. The maximum Gasteiger partial charge on any atom is 0.132 e. The van der Waals surface area contributed by atoms with E-state index in [1.807, 2.05) is 0 Å². The van der Waals surface area contributed by atoms with E-state index in [-0.39, 0.29) is 0 Å². The van der Waals surface area contributed by atoms with Gasteiger partial charge >= 0.3 is 0 Å². The van der Waals surface area contributed by atoms with Gasteiger partial charge in [0, 0.05) is 20.3 Å². The molecule has 0 aliphatic heterocycles. The number of nitrogens with one attached hydrogen (secondary N) is 3. The predicted octanol–water partition coefficient (Wildman–Crippen LogP) is -0.0325. The Balaban J connectivity index is 3.29. The van der Waals surface area contributed by atoms with E-state index in [0.29, 0.717) is 5.16 Å². The second kappa shape index (κ2) is 4.74. The lowest BCUT2D eigenvalue weighted by Gasteiger charge is -1.99. The van der Waals surface area contributed by atoms with Gasteiger partial charge in [0.25, 0.3) is 0 Å². The molecule has 4 heteroatoms. The summed E-state index contributed by atoms with van der Waals surface area (Å²) in [5.41, 5.74) is 5.32. The molecule has 0 spiro atoms. The highest BCUT2D eigenvalue weighted by Gasteiger charge is 1.80. The first-order valence-electron chi connectivity index (χ1n) is 2.27. The Hall–Kier alpha value is -0.410. The lowest BCUT2D eigenvalue weighted by molar-refractivity contribution is 0.713. The lowest BCUT2D eigenvalue weighted by Crippen LogP contribution is -2.25. The summed E-state index contributed by atoms with van der Waals surface area (Å²) in [5.74, 6) is 0. The van der Waals surface area contributed by atoms with Crippen molar-refractivity contribution in [3.63, 3.8) is 0 Å². The summed E-state index contributed by atoms with van der Waals surface area (Å²) >= 11 is 5.51. The highest BCUT2D eigenvalue weighted by molar-refractivity contribution is 6.29. The van der Waals surface area contributed by atoms with E-state index >= 15 is 0 Å². The molecule has 0 amide bonds. The SMILES string of the molecule is CN/C=C(/Cl)NNC. The number of halogens is 1. The Morgan fingerprint density at radius 3 is 2.50 bits per heavy atom. The molecule has 0 aromatic carbocycles. The van der Waals surface area contributed by atoms with E-state index in [9.17, 15) is 0 Å². The molecule has 48 valence electrons. The summed E-state index contributed by atoms with van der Waals surface area (Å²) in [6, 6.07) is 0. The van der Waals surface area contributed by atoms with E-state index < -0.39 is 0 Å². The summed E-state index contributed by atoms with van der Waals surface area (Å²) in [4.78, 5) is 0. The first-order valence-corrected chi connectivity index (χ1v) is 2.64. The molecule has 0 heterocycles. The van der Waals surface area contributed by atoms with Crippen LogP contribution in [0.25, 0.3) is 0 Å². The van der Waals surface area contributed by atoms with Gasteiger partial charge in [0.2, 0.25) is 0 Å². The average Bonchev–Trinajstić information content (AvgIpc) is 1.68. The van der Waals surface area contributed by atoms with Crippen LogP contribution in [0.1, 0.15) is 0 Å². The van der Waals surface area contributed by atoms with Crippen molar-refractivity contribution in [2.75, 3.05) is 14.1 Å². The highest BCUT2D eigenvalue weighted by atomic mass is 35.5. The fourth-order valence-corrected chi connectivity index (χ4v) is 0.486. The summed E-state index contributed by atoms with van der Waals surface area (Å²) in [6.07, 6.45) is 1.64. The van der Waals surface area contributed by atoms with E-state index in [1.54, 1.807) is 20.3 Å². The first-order chi connectivity index (χ1) is 3.81. The minimum atomic E-state index is 0.537. The molecular formula is C4H10ClN3. The minimum Gasteiger partial charge on any atom is -0.392 e. The Kier molecular flexibility index (Phi) is 4.50. The molecule has 0 unspecified atom stereocenters. The van der Waals surface area contributed by atoms with Crippen molar-refractivity contribution in [1.82, 2.24) is 16.2 Å². The smallest absolute Gasteiger partial charge is 0.132 e. The fraction of sp³-hybridized carbons (Fsp3) is 0.500. The molecule has 0 aromatic heterocycles. The monoisotopic (exact) mass is 135 g/mol. The number of hydrogen-bond acceptors (Lipinski definition) is 3. The van der Waals surface area contributed by atoms with Gasteiger partial charge in [0.1, 0.15) is 5.16 Å². The largest absolute Gasteiger partial charge is 0.392 e. The molecule has 0 aliphatic rings. The third-order valence-corrected chi connectivity index (χ3v) is 0.719. The molecule has 0 saturated carbocycles. The van der Waals surface area contributed by atoms with Crippen LogP contribution in [-0.4, -0.2) is 14.1 Å². The molecule has 8 heavy (non-hydrogen) atoms. The zero-order valence-corrected chi connectivity index (χ0v) is 5.71. The molecule has 0 rings (SSSR count). The van der Waals surface area contributed by atoms with Crippen molar-refractivity contribution in [3.05, 3.63) is 11.4 Å². The Morgan fingerprint density at radius 2 is 2.12 bits per heavy atom. The van der Waals surface area contributed by atoms with Gasteiger partial charge in [-0.15, -0.1) is 0 Å². The summed E-state index contributed by atoms with van der Waals surface area (Å²) in [7, 11) is 3.52. The molecule has 0 fully saturated rings. The molecule has 0 bridgehead atoms. The second-order valence-electron chi connectivity index (χ2n) is 1.16. The van der Waals surface area contributed by atoms with Crippen molar-refractivity contribution in [2.45, 2.75) is 0 Å². The maximum atomic E-state index is 5.51. The quantitative estimate of drug-likeness (QED) is 0.376. The van der Waals surface area contributed by atoms with Crippen LogP contribution in [-0.2, 0) is 0 Å². The van der Waals surface area contributed by atoms with Crippen LogP contribution in [0.5, 0.6) is 0 Å². The number of rotatable bonds is 3. The van der Waals surface area contributed by atoms with Gasteiger partial charge in [-0.25, -0.2) is 5.43 Å². The highest BCUT2D eigenvalue weighted by Crippen LogP contribution is 1.88. The molecule has 0 aromatic rings.